The van der Waals surface area contributed by atoms with Crippen LogP contribution in [-0.4, -0.2) is 39.1 Å². The van der Waals surface area contributed by atoms with Gasteiger partial charge in [-0.15, -0.1) is 20.6 Å². The maximum absolute atomic E-state index is 5.85. The van der Waals surface area contributed by atoms with Crippen LogP contribution in [-0.2, 0) is 29.9 Å². The smallest absolute Gasteiger partial charge is 0.414 e. The summed E-state index contributed by atoms with van der Waals surface area (Å²) in [7, 11) is -1.78. The van der Waals surface area contributed by atoms with Crippen LogP contribution in [0.5, 0.6) is 0 Å². The molecule has 46 heavy (non-hydrogen) atoms. The third kappa shape index (κ3) is 8.90. The third-order valence-electron chi connectivity index (χ3n) is 7.15. The molecule has 0 saturated carbocycles. The van der Waals surface area contributed by atoms with Gasteiger partial charge >= 0.3 is 14.2 Å². The van der Waals surface area contributed by atoms with E-state index in [0.29, 0.717) is 0 Å². The van der Waals surface area contributed by atoms with Crippen LogP contribution in [0.4, 0.5) is 0 Å². The molecule has 4 bridgehead atoms. The molecule has 0 atom stereocenters. The predicted molar refractivity (Wildman–Crippen MR) is 182 cm³/mol. The Kier molecular flexibility index (Phi) is 9.95. The summed E-state index contributed by atoms with van der Waals surface area (Å²) in [6.45, 7) is 12.9. The summed E-state index contributed by atoms with van der Waals surface area (Å²) < 4.78 is 23.4. The summed E-state index contributed by atoms with van der Waals surface area (Å²) in [5.74, 6) is 0. The first-order valence-corrected chi connectivity index (χ1v) is 15.0. The summed E-state index contributed by atoms with van der Waals surface area (Å²) in [5, 5.41) is 17.2. The summed E-state index contributed by atoms with van der Waals surface area (Å²) in [4.78, 5) is 6.03. The van der Waals surface area contributed by atoms with Gasteiger partial charge in [-0.05, 0) is 80.6 Å². The van der Waals surface area contributed by atoms with Crippen molar-refractivity contribution < 1.29 is 29.0 Å². The van der Waals surface area contributed by atoms with Gasteiger partial charge in [0.25, 0.3) is 0 Å². The van der Waals surface area contributed by atoms with Crippen LogP contribution in [0.15, 0.2) is 106 Å². The van der Waals surface area contributed by atoms with Crippen molar-refractivity contribution in [3.05, 3.63) is 119 Å². The van der Waals surface area contributed by atoms with E-state index in [9.17, 15) is 0 Å². The number of benzene rings is 2. The second-order valence-electron chi connectivity index (χ2n) is 13.0. The largest absolute Gasteiger partial charge is 0.675 e. The molecule has 0 saturated heterocycles. The highest BCUT2D eigenvalue weighted by molar-refractivity contribution is 6.61. The number of hydrogen-bond donors (Lipinski definition) is 0. The molecule has 1 aliphatic heterocycles. The Hall–Kier alpha value is -5.25. The van der Waals surface area contributed by atoms with Gasteiger partial charge in [0.15, 0.2) is 24.8 Å². The second kappa shape index (κ2) is 14.2. The molecular weight excluding hydrogens is 578 g/mol. The number of oxime groups is 4. The Labute approximate surface area is 270 Å². The molecule has 1 aliphatic rings. The number of fused-ring (bicyclic) bond motifs is 4. The molecular formula is C34H38B2N6O4+2. The molecule has 0 fully saturated rings. The molecule has 0 radical (unpaired) electrons. The highest BCUT2D eigenvalue weighted by Crippen LogP contribution is 2.25. The third-order valence-corrected chi connectivity index (χ3v) is 7.15. The van der Waals surface area contributed by atoms with Crippen molar-refractivity contribution in [2.75, 3.05) is 0 Å². The zero-order valence-corrected chi connectivity index (χ0v) is 27.0. The van der Waals surface area contributed by atoms with Crippen molar-refractivity contribution in [1.29, 1.82) is 0 Å². The average molecular weight is 616 g/mol. The molecule has 12 heteroatoms. The lowest BCUT2D eigenvalue weighted by molar-refractivity contribution is -0.378. The van der Waals surface area contributed by atoms with Crippen LogP contribution in [0.3, 0.4) is 0 Å². The topological polar surface area (TPSA) is 115 Å². The zero-order valence-electron chi connectivity index (χ0n) is 27.0. The van der Waals surface area contributed by atoms with Gasteiger partial charge in [-0.1, -0.05) is 41.5 Å². The van der Waals surface area contributed by atoms with E-state index < -0.39 is 14.2 Å². The first kappa shape index (κ1) is 32.2. The number of nitrogens with zero attached hydrogens (tertiary/aromatic N) is 4. The lowest BCUT2D eigenvalue weighted by atomic mass is 9.80. The Morgan fingerprint density at radius 3 is 1.00 bits per heavy atom. The van der Waals surface area contributed by atoms with E-state index in [2.05, 4.69) is 96.4 Å². The fourth-order valence-corrected chi connectivity index (χ4v) is 4.50. The van der Waals surface area contributed by atoms with Crippen molar-refractivity contribution in [2.24, 2.45) is 20.6 Å². The minimum atomic E-state index is -0.888. The van der Waals surface area contributed by atoms with Crippen LogP contribution in [0, 0.1) is 0 Å². The highest BCUT2D eigenvalue weighted by atomic mass is 16.7. The van der Waals surface area contributed by atoms with E-state index in [1.807, 2.05) is 36.4 Å². The van der Waals surface area contributed by atoms with Crippen LogP contribution in [0.1, 0.15) is 74.9 Å². The van der Waals surface area contributed by atoms with Gasteiger partial charge in [-0.2, -0.15) is 0 Å². The van der Waals surface area contributed by atoms with Gasteiger partial charge in [0, 0.05) is 35.2 Å². The summed E-state index contributed by atoms with van der Waals surface area (Å²) in [6.07, 6.45) is 13.7. The number of aromatic nitrogens is 2. The minimum Gasteiger partial charge on any atom is -0.414 e. The number of nitrogens with one attached hydrogen (secondary N) is 2. The molecule has 5 rings (SSSR count). The highest BCUT2D eigenvalue weighted by Gasteiger charge is 2.28. The number of aromatic amines is 2. The quantitative estimate of drug-likeness (QED) is 0.319. The molecule has 10 nitrogen and oxygen atoms in total. The van der Waals surface area contributed by atoms with Crippen LogP contribution in [0.25, 0.3) is 0 Å². The Bertz CT molecular complexity index is 1540. The molecule has 0 aliphatic carbocycles. The van der Waals surface area contributed by atoms with Crippen molar-refractivity contribution in [2.45, 2.75) is 52.4 Å². The van der Waals surface area contributed by atoms with E-state index in [-0.39, 0.29) is 10.8 Å². The SMILES string of the molecule is CC(C)(C)c1cc2cc(c1)/C=N/OB(c1cc[nH+]cc1)O/N=C/c1cc(cc(C(C)(C)C)c1)/C=N/OB(c1cc[nH+]cc1)O/N=C\2. The van der Waals surface area contributed by atoms with Gasteiger partial charge in [-0.3, -0.25) is 0 Å². The van der Waals surface area contributed by atoms with Crippen molar-refractivity contribution in [1.82, 2.24) is 0 Å². The van der Waals surface area contributed by atoms with E-state index >= 15 is 0 Å². The minimum absolute atomic E-state index is 0.132. The molecule has 2 N–H and O–H groups in total. The van der Waals surface area contributed by atoms with Crippen molar-refractivity contribution >= 4 is 50.0 Å². The first-order chi connectivity index (χ1) is 22.0. The Morgan fingerprint density at radius 2 is 0.739 bits per heavy atom. The Balaban J connectivity index is 1.56. The normalized spacial score (nSPS) is 16.9. The maximum Gasteiger partial charge on any atom is 0.675 e. The van der Waals surface area contributed by atoms with Gasteiger partial charge in [0.2, 0.25) is 0 Å². The number of pyridine rings is 2. The van der Waals surface area contributed by atoms with Crippen LogP contribution >= 0.6 is 0 Å². The van der Waals surface area contributed by atoms with Crippen LogP contribution < -0.4 is 20.9 Å². The maximum atomic E-state index is 5.85. The Morgan fingerprint density at radius 1 is 0.457 bits per heavy atom. The monoisotopic (exact) mass is 616 g/mol. The molecule has 232 valence electrons. The molecule has 0 spiro atoms. The van der Waals surface area contributed by atoms with Gasteiger partial charge in [0.1, 0.15) is 0 Å². The molecule has 0 unspecified atom stereocenters. The summed E-state index contributed by atoms with van der Waals surface area (Å²) >= 11 is 0. The summed E-state index contributed by atoms with van der Waals surface area (Å²) in [5.41, 5.74) is 6.64. The van der Waals surface area contributed by atoms with Crippen molar-refractivity contribution in [3.8, 4) is 0 Å². The zero-order chi connectivity index (χ0) is 32.6. The fraction of sp³-hybridized carbons (Fsp3) is 0.235. The van der Waals surface area contributed by atoms with E-state index in [1.165, 1.54) is 0 Å². The lowest BCUT2D eigenvalue weighted by Gasteiger charge is -2.20. The average Bonchev–Trinajstić information content (AvgIpc) is 3.03. The number of hydrogen-bond acceptors (Lipinski definition) is 8. The number of H-pyrrole nitrogens is 2. The van der Waals surface area contributed by atoms with Gasteiger partial charge < -0.3 is 19.0 Å². The van der Waals surface area contributed by atoms with Gasteiger partial charge in [0.05, 0.1) is 24.9 Å². The summed E-state index contributed by atoms with van der Waals surface area (Å²) in [6, 6.07) is 19.5. The van der Waals surface area contributed by atoms with Crippen molar-refractivity contribution in [3.63, 3.8) is 0 Å². The number of rotatable bonds is 2. The lowest BCUT2D eigenvalue weighted by Crippen LogP contribution is -2.35. The molecule has 0 amide bonds. The second-order valence-corrected chi connectivity index (χ2v) is 13.0. The van der Waals surface area contributed by atoms with Crippen LogP contribution in [0.2, 0.25) is 0 Å². The fourth-order valence-electron chi connectivity index (χ4n) is 4.50. The van der Waals surface area contributed by atoms with E-state index in [1.54, 1.807) is 49.6 Å². The van der Waals surface area contributed by atoms with E-state index in [0.717, 1.165) is 44.3 Å². The molecule has 2 aromatic heterocycles. The van der Waals surface area contributed by atoms with Gasteiger partial charge in [-0.25, -0.2) is 9.97 Å². The molecule has 3 heterocycles. The first-order valence-electron chi connectivity index (χ1n) is 15.0. The predicted octanol–water partition coefficient (Wildman–Crippen LogP) is 3.82. The van der Waals surface area contributed by atoms with E-state index in [4.69, 9.17) is 19.0 Å². The molecule has 4 aromatic rings. The molecule has 2 aromatic carbocycles. The standard InChI is InChI=1S/C34H36B2N6O4/c1-33(2,3)29-17-25-15-26(18-29)22-40-44-36(32-9-13-38-14-10-32)46-42-24-28-16-27(19-30(20-28)34(4,5)6)23-41-45-35(43-39-21-25)31-7-11-37-12-8-31/h7-24H,1-6H3/p+2/b39-21-,40-22+,41-23+,42-24+.